The standard InChI is InChI=1S/C22H27N5O2S/c1-3-19-21(26-30(28,29)18-7-5-4-6-8-18)12-11-20(17-10-9-16(2)23-13-17)22(19)27-14-24-25-15-27/h4-10,13-15,19-22,26H,3,11-12H2,1-2H3/t19?,20?,21-,22-/m0/s1. The van der Waals surface area contributed by atoms with Crippen LogP contribution in [-0.4, -0.2) is 34.2 Å². The van der Waals surface area contributed by atoms with Crippen molar-refractivity contribution in [3.63, 3.8) is 0 Å². The Kier molecular flexibility index (Phi) is 5.97. The minimum Gasteiger partial charge on any atom is -0.316 e. The van der Waals surface area contributed by atoms with Gasteiger partial charge in [-0.1, -0.05) is 31.2 Å². The molecule has 4 atom stereocenters. The van der Waals surface area contributed by atoms with Crippen LogP contribution in [-0.2, 0) is 10.0 Å². The minimum absolute atomic E-state index is 0.0479. The van der Waals surface area contributed by atoms with Gasteiger partial charge < -0.3 is 4.57 Å². The van der Waals surface area contributed by atoms with Gasteiger partial charge in [0.05, 0.1) is 4.90 Å². The monoisotopic (exact) mass is 425 g/mol. The van der Waals surface area contributed by atoms with E-state index in [1.54, 1.807) is 36.9 Å². The van der Waals surface area contributed by atoms with Gasteiger partial charge in [0.1, 0.15) is 12.7 Å². The average Bonchev–Trinajstić information content (AvgIpc) is 3.29. The maximum Gasteiger partial charge on any atom is 0.240 e. The molecule has 0 saturated heterocycles. The highest BCUT2D eigenvalue weighted by molar-refractivity contribution is 7.89. The van der Waals surface area contributed by atoms with Crippen LogP contribution in [0.4, 0.5) is 0 Å². The van der Waals surface area contributed by atoms with E-state index in [4.69, 9.17) is 0 Å². The van der Waals surface area contributed by atoms with Crippen molar-refractivity contribution in [2.75, 3.05) is 0 Å². The fourth-order valence-electron chi connectivity index (χ4n) is 4.67. The van der Waals surface area contributed by atoms with E-state index in [0.29, 0.717) is 4.90 Å². The second kappa shape index (κ2) is 8.65. The summed E-state index contributed by atoms with van der Waals surface area (Å²) in [5.41, 5.74) is 2.15. The molecule has 1 aliphatic rings. The molecule has 2 aromatic heterocycles. The van der Waals surface area contributed by atoms with Gasteiger partial charge in [-0.15, -0.1) is 10.2 Å². The van der Waals surface area contributed by atoms with Crippen molar-refractivity contribution in [1.82, 2.24) is 24.5 Å². The SMILES string of the molecule is CCC1[C@H](n2cnnc2)C(c2ccc(C)nc2)CC[C@@H]1NS(=O)(=O)c1ccccc1. The smallest absolute Gasteiger partial charge is 0.240 e. The van der Waals surface area contributed by atoms with Gasteiger partial charge >= 0.3 is 0 Å². The molecule has 2 heterocycles. The van der Waals surface area contributed by atoms with Gasteiger partial charge in [0.15, 0.2) is 0 Å². The minimum atomic E-state index is -3.59. The number of benzene rings is 1. The number of pyridine rings is 1. The Hall–Kier alpha value is -2.58. The van der Waals surface area contributed by atoms with Crippen LogP contribution in [0.2, 0.25) is 0 Å². The maximum atomic E-state index is 13.0. The Morgan fingerprint density at radius 3 is 2.43 bits per heavy atom. The molecule has 1 saturated carbocycles. The van der Waals surface area contributed by atoms with Crippen molar-refractivity contribution in [1.29, 1.82) is 0 Å². The highest BCUT2D eigenvalue weighted by atomic mass is 32.2. The molecule has 8 heteroatoms. The molecular weight excluding hydrogens is 398 g/mol. The van der Waals surface area contributed by atoms with E-state index in [1.807, 2.05) is 29.8 Å². The molecule has 0 amide bonds. The summed E-state index contributed by atoms with van der Waals surface area (Å²) in [6, 6.07) is 12.6. The van der Waals surface area contributed by atoms with Gasteiger partial charge in [-0.25, -0.2) is 13.1 Å². The lowest BCUT2D eigenvalue weighted by atomic mass is 9.70. The lowest BCUT2D eigenvalue weighted by molar-refractivity contribution is 0.163. The van der Waals surface area contributed by atoms with E-state index in [1.165, 1.54) is 5.56 Å². The summed E-state index contributed by atoms with van der Waals surface area (Å²) in [5.74, 6) is 0.316. The van der Waals surface area contributed by atoms with E-state index in [2.05, 4.69) is 32.9 Å². The number of aryl methyl sites for hydroxylation is 1. The molecule has 0 radical (unpaired) electrons. The molecule has 1 fully saturated rings. The Morgan fingerprint density at radius 2 is 1.80 bits per heavy atom. The highest BCUT2D eigenvalue weighted by Gasteiger charge is 2.41. The van der Waals surface area contributed by atoms with Gasteiger partial charge in [0.25, 0.3) is 0 Å². The zero-order valence-electron chi connectivity index (χ0n) is 17.2. The molecule has 0 bridgehead atoms. The second-order valence-electron chi connectivity index (χ2n) is 7.93. The first kappa shape index (κ1) is 20.7. The van der Waals surface area contributed by atoms with Gasteiger partial charge in [-0.3, -0.25) is 4.98 Å². The molecule has 7 nitrogen and oxygen atoms in total. The number of nitrogens with one attached hydrogen (secondary N) is 1. The van der Waals surface area contributed by atoms with Crippen molar-refractivity contribution in [2.45, 2.75) is 56.0 Å². The number of hydrogen-bond acceptors (Lipinski definition) is 5. The second-order valence-corrected chi connectivity index (χ2v) is 9.64. The summed E-state index contributed by atoms with van der Waals surface area (Å²) in [6.45, 7) is 4.09. The molecule has 0 aliphatic heterocycles. The summed E-state index contributed by atoms with van der Waals surface area (Å²) < 4.78 is 31.0. The Morgan fingerprint density at radius 1 is 1.07 bits per heavy atom. The number of aromatic nitrogens is 4. The first-order chi connectivity index (χ1) is 14.5. The summed E-state index contributed by atoms with van der Waals surface area (Å²) in [4.78, 5) is 4.78. The van der Waals surface area contributed by atoms with Crippen molar-refractivity contribution < 1.29 is 8.42 Å². The molecule has 3 aromatic rings. The van der Waals surface area contributed by atoms with Crippen molar-refractivity contribution >= 4 is 10.0 Å². The van der Waals surface area contributed by atoms with Crippen LogP contribution in [0, 0.1) is 12.8 Å². The van der Waals surface area contributed by atoms with Crippen LogP contribution in [0.15, 0.2) is 66.2 Å². The zero-order chi connectivity index (χ0) is 21.1. The van der Waals surface area contributed by atoms with Crippen LogP contribution >= 0.6 is 0 Å². The Balaban J connectivity index is 1.66. The van der Waals surface area contributed by atoms with Crippen LogP contribution in [0.5, 0.6) is 0 Å². The summed E-state index contributed by atoms with van der Waals surface area (Å²) in [7, 11) is -3.59. The number of sulfonamides is 1. The highest BCUT2D eigenvalue weighted by Crippen LogP contribution is 2.46. The normalized spacial score (nSPS) is 24.6. The van der Waals surface area contributed by atoms with Crippen molar-refractivity contribution in [2.24, 2.45) is 5.92 Å². The number of nitrogens with zero attached hydrogens (tertiary/aromatic N) is 4. The van der Waals surface area contributed by atoms with Gasteiger partial charge in [-0.05, 0) is 55.9 Å². The van der Waals surface area contributed by atoms with Crippen LogP contribution in [0.25, 0.3) is 0 Å². The third-order valence-electron chi connectivity index (χ3n) is 6.13. The molecule has 2 unspecified atom stereocenters. The van der Waals surface area contributed by atoms with Crippen molar-refractivity contribution in [3.8, 4) is 0 Å². The van der Waals surface area contributed by atoms with E-state index in [0.717, 1.165) is 25.0 Å². The van der Waals surface area contributed by atoms with Crippen molar-refractivity contribution in [3.05, 3.63) is 72.6 Å². The topological polar surface area (TPSA) is 89.8 Å². The molecule has 0 spiro atoms. The largest absolute Gasteiger partial charge is 0.316 e. The fraction of sp³-hybridized carbons (Fsp3) is 0.409. The fourth-order valence-corrected chi connectivity index (χ4v) is 6.02. The third-order valence-corrected chi connectivity index (χ3v) is 7.64. The average molecular weight is 426 g/mol. The lowest BCUT2D eigenvalue weighted by Gasteiger charge is -2.43. The predicted molar refractivity (Wildman–Crippen MR) is 114 cm³/mol. The molecule has 30 heavy (non-hydrogen) atoms. The molecule has 1 aliphatic carbocycles. The van der Waals surface area contributed by atoms with Gasteiger partial charge in [0, 0.05) is 29.9 Å². The van der Waals surface area contributed by atoms with Gasteiger partial charge in [-0.2, -0.15) is 0 Å². The summed E-state index contributed by atoms with van der Waals surface area (Å²) in [6.07, 6.45) is 7.86. The van der Waals surface area contributed by atoms with Crippen LogP contribution in [0.1, 0.15) is 49.4 Å². The molecule has 1 N–H and O–H groups in total. The molecular formula is C22H27N5O2S. The molecule has 1 aromatic carbocycles. The van der Waals surface area contributed by atoms with E-state index >= 15 is 0 Å². The first-order valence-electron chi connectivity index (χ1n) is 10.3. The number of hydrogen-bond donors (Lipinski definition) is 1. The Labute approximate surface area is 177 Å². The third kappa shape index (κ3) is 4.15. The molecule has 4 rings (SSSR count). The quantitative estimate of drug-likeness (QED) is 0.653. The summed E-state index contributed by atoms with van der Waals surface area (Å²) >= 11 is 0. The van der Waals surface area contributed by atoms with E-state index in [9.17, 15) is 8.42 Å². The lowest BCUT2D eigenvalue weighted by Crippen LogP contribution is -2.47. The van der Waals surface area contributed by atoms with E-state index in [-0.39, 0.29) is 23.9 Å². The molecule has 158 valence electrons. The maximum absolute atomic E-state index is 13.0. The first-order valence-corrected chi connectivity index (χ1v) is 11.8. The Bertz CT molecular complexity index is 1050. The zero-order valence-corrected chi connectivity index (χ0v) is 18.0. The van der Waals surface area contributed by atoms with Crippen LogP contribution in [0.3, 0.4) is 0 Å². The van der Waals surface area contributed by atoms with Crippen LogP contribution < -0.4 is 4.72 Å². The van der Waals surface area contributed by atoms with E-state index < -0.39 is 10.0 Å². The summed E-state index contributed by atoms with van der Waals surface area (Å²) in [5, 5.41) is 8.03. The number of rotatable bonds is 6. The van der Waals surface area contributed by atoms with Gasteiger partial charge in [0.2, 0.25) is 10.0 Å². The predicted octanol–water partition coefficient (Wildman–Crippen LogP) is 3.47.